The molecule has 1 fully saturated rings. The molecule has 0 radical (unpaired) electrons. The lowest BCUT2D eigenvalue weighted by Gasteiger charge is -2.35. The van der Waals surface area contributed by atoms with Crippen molar-refractivity contribution in [2.75, 3.05) is 13.1 Å². The standard InChI is InChI=1S/C21H22N4O3S/c1-13(26)23-18(20-22-8-11-29-20)14-6-9-25(10-7-14)21(28)17-12-15-4-2-3-5-16(15)19(27)24-17/h2-5,8,11-12,14,18H,6-7,9-10H2,1H3,(H,23,26)(H,24,27)/t18-/m0/s1. The van der Waals surface area contributed by atoms with Crippen molar-refractivity contribution in [1.29, 1.82) is 0 Å². The number of carbonyl (C=O) groups is 2. The number of likely N-dealkylation sites (tertiary alicyclic amines) is 1. The van der Waals surface area contributed by atoms with Crippen molar-refractivity contribution in [1.82, 2.24) is 20.2 Å². The first-order chi connectivity index (χ1) is 14.0. The van der Waals surface area contributed by atoms with Gasteiger partial charge in [-0.2, -0.15) is 0 Å². The molecule has 2 amide bonds. The number of pyridine rings is 1. The third-order valence-electron chi connectivity index (χ3n) is 5.36. The maximum atomic E-state index is 13.0. The van der Waals surface area contributed by atoms with Gasteiger partial charge >= 0.3 is 0 Å². The van der Waals surface area contributed by atoms with Gasteiger partial charge in [0.05, 0.1) is 6.04 Å². The average molecular weight is 410 g/mol. The normalized spacial score (nSPS) is 16.0. The van der Waals surface area contributed by atoms with E-state index in [0.29, 0.717) is 24.2 Å². The number of aromatic nitrogens is 2. The highest BCUT2D eigenvalue weighted by Gasteiger charge is 2.31. The molecule has 150 valence electrons. The van der Waals surface area contributed by atoms with E-state index >= 15 is 0 Å². The van der Waals surface area contributed by atoms with E-state index < -0.39 is 0 Å². The van der Waals surface area contributed by atoms with Crippen LogP contribution in [-0.2, 0) is 4.79 Å². The van der Waals surface area contributed by atoms with E-state index in [1.807, 2.05) is 17.5 Å². The van der Waals surface area contributed by atoms with Gasteiger partial charge in [-0.25, -0.2) is 4.98 Å². The van der Waals surface area contributed by atoms with Gasteiger partial charge in [-0.15, -0.1) is 11.3 Å². The smallest absolute Gasteiger partial charge is 0.270 e. The van der Waals surface area contributed by atoms with Crippen LogP contribution in [0.1, 0.15) is 41.3 Å². The number of piperidine rings is 1. The van der Waals surface area contributed by atoms with Crippen LogP contribution in [0.3, 0.4) is 0 Å². The first-order valence-corrected chi connectivity index (χ1v) is 10.5. The summed E-state index contributed by atoms with van der Waals surface area (Å²) in [6, 6.07) is 8.83. The van der Waals surface area contributed by atoms with Gasteiger partial charge in [0, 0.05) is 37.0 Å². The summed E-state index contributed by atoms with van der Waals surface area (Å²) in [5.41, 5.74) is 0.0568. The summed E-state index contributed by atoms with van der Waals surface area (Å²) in [6.07, 6.45) is 3.26. The van der Waals surface area contributed by atoms with Crippen molar-refractivity contribution >= 4 is 33.9 Å². The maximum Gasteiger partial charge on any atom is 0.270 e. The fourth-order valence-corrected chi connectivity index (χ4v) is 4.70. The number of carbonyl (C=O) groups excluding carboxylic acids is 2. The topological polar surface area (TPSA) is 95.2 Å². The van der Waals surface area contributed by atoms with Gasteiger partial charge in [-0.1, -0.05) is 18.2 Å². The molecule has 1 aromatic carbocycles. The first-order valence-electron chi connectivity index (χ1n) is 9.61. The highest BCUT2D eigenvalue weighted by Crippen LogP contribution is 2.32. The summed E-state index contributed by atoms with van der Waals surface area (Å²) in [7, 11) is 0. The molecule has 1 atom stereocenters. The second-order valence-corrected chi connectivity index (χ2v) is 8.20. The molecule has 1 aliphatic heterocycles. The number of H-pyrrole nitrogens is 1. The molecule has 0 aliphatic carbocycles. The van der Waals surface area contributed by atoms with E-state index in [1.165, 1.54) is 18.3 Å². The molecule has 2 N–H and O–H groups in total. The van der Waals surface area contributed by atoms with Crippen LogP contribution in [0.2, 0.25) is 0 Å². The molecule has 3 heterocycles. The zero-order valence-corrected chi connectivity index (χ0v) is 16.9. The van der Waals surface area contributed by atoms with Crippen LogP contribution >= 0.6 is 11.3 Å². The average Bonchev–Trinajstić information content (AvgIpc) is 3.26. The van der Waals surface area contributed by atoms with Crippen molar-refractivity contribution in [3.8, 4) is 0 Å². The van der Waals surface area contributed by atoms with Crippen LogP contribution in [0.4, 0.5) is 0 Å². The van der Waals surface area contributed by atoms with Gasteiger partial charge in [0.1, 0.15) is 10.7 Å². The summed E-state index contributed by atoms with van der Waals surface area (Å²) in [5, 5.41) is 7.13. The van der Waals surface area contributed by atoms with Gasteiger partial charge < -0.3 is 15.2 Å². The zero-order valence-electron chi connectivity index (χ0n) is 16.1. The molecular formula is C21H22N4O3S. The van der Waals surface area contributed by atoms with Crippen LogP contribution in [-0.4, -0.2) is 39.8 Å². The summed E-state index contributed by atoms with van der Waals surface area (Å²) in [5.74, 6) is -0.0428. The molecule has 0 spiro atoms. The van der Waals surface area contributed by atoms with E-state index in [-0.39, 0.29) is 29.3 Å². The van der Waals surface area contributed by atoms with Gasteiger partial charge in [0.15, 0.2) is 0 Å². The molecule has 0 unspecified atom stereocenters. The highest BCUT2D eigenvalue weighted by atomic mass is 32.1. The number of rotatable bonds is 4. The van der Waals surface area contributed by atoms with E-state index in [1.54, 1.807) is 29.3 Å². The Morgan fingerprint density at radius 1 is 1.28 bits per heavy atom. The number of thiazole rings is 1. The number of benzene rings is 1. The molecule has 29 heavy (non-hydrogen) atoms. The lowest BCUT2D eigenvalue weighted by molar-refractivity contribution is -0.120. The maximum absolute atomic E-state index is 13.0. The molecule has 7 nitrogen and oxygen atoms in total. The molecule has 1 aliphatic rings. The summed E-state index contributed by atoms with van der Waals surface area (Å²) < 4.78 is 0. The molecular weight excluding hydrogens is 388 g/mol. The number of fused-ring (bicyclic) bond motifs is 1. The minimum Gasteiger partial charge on any atom is -0.347 e. The fourth-order valence-electron chi connectivity index (χ4n) is 3.92. The summed E-state index contributed by atoms with van der Waals surface area (Å²) >= 11 is 1.53. The number of aromatic amines is 1. The zero-order chi connectivity index (χ0) is 20.4. The Balaban J connectivity index is 1.48. The number of nitrogens with zero attached hydrogens (tertiary/aromatic N) is 2. The Morgan fingerprint density at radius 3 is 2.72 bits per heavy atom. The third kappa shape index (κ3) is 4.07. The van der Waals surface area contributed by atoms with E-state index in [4.69, 9.17) is 0 Å². The number of hydrogen-bond acceptors (Lipinski definition) is 5. The second kappa shape index (κ2) is 8.16. The SMILES string of the molecule is CC(=O)N[C@H](c1nccs1)C1CCN(C(=O)c2cc3ccccc3c(=O)[nH]2)CC1. The van der Waals surface area contributed by atoms with Crippen LogP contribution in [0, 0.1) is 5.92 Å². The van der Waals surface area contributed by atoms with Crippen LogP contribution < -0.4 is 10.9 Å². The van der Waals surface area contributed by atoms with Crippen molar-refractivity contribution in [2.45, 2.75) is 25.8 Å². The molecule has 3 aromatic rings. The molecule has 4 rings (SSSR count). The Hall–Kier alpha value is -3.00. The number of nitrogens with one attached hydrogen (secondary N) is 2. The van der Waals surface area contributed by atoms with Gasteiger partial charge in [0.25, 0.3) is 11.5 Å². The highest BCUT2D eigenvalue weighted by molar-refractivity contribution is 7.09. The summed E-state index contributed by atoms with van der Waals surface area (Å²) in [6.45, 7) is 2.65. The Labute approximate surface area is 171 Å². The lowest BCUT2D eigenvalue weighted by atomic mass is 9.89. The minimum absolute atomic E-state index is 0.0857. The van der Waals surface area contributed by atoms with Gasteiger partial charge in [0.2, 0.25) is 5.91 Å². The Morgan fingerprint density at radius 2 is 2.03 bits per heavy atom. The van der Waals surface area contributed by atoms with Crippen molar-refractivity contribution in [3.05, 3.63) is 63.0 Å². The van der Waals surface area contributed by atoms with Gasteiger partial charge in [-0.05, 0) is 36.3 Å². The van der Waals surface area contributed by atoms with Crippen LogP contribution in [0.5, 0.6) is 0 Å². The monoisotopic (exact) mass is 410 g/mol. The Bertz CT molecular complexity index is 1080. The lowest BCUT2D eigenvalue weighted by Crippen LogP contribution is -2.43. The molecule has 1 saturated heterocycles. The Kier molecular flexibility index (Phi) is 5.44. The van der Waals surface area contributed by atoms with Crippen molar-refractivity contribution < 1.29 is 9.59 Å². The second-order valence-electron chi connectivity index (χ2n) is 7.28. The molecule has 8 heteroatoms. The van der Waals surface area contributed by atoms with E-state index in [9.17, 15) is 14.4 Å². The van der Waals surface area contributed by atoms with Gasteiger partial charge in [-0.3, -0.25) is 14.4 Å². The minimum atomic E-state index is -0.254. The third-order valence-corrected chi connectivity index (χ3v) is 6.22. The number of hydrogen-bond donors (Lipinski definition) is 2. The molecule has 0 saturated carbocycles. The fraction of sp³-hybridized carbons (Fsp3) is 0.333. The van der Waals surface area contributed by atoms with Crippen LogP contribution in [0.15, 0.2) is 46.7 Å². The predicted molar refractivity (Wildman–Crippen MR) is 112 cm³/mol. The molecule has 0 bridgehead atoms. The van der Waals surface area contributed by atoms with E-state index in [2.05, 4.69) is 15.3 Å². The van der Waals surface area contributed by atoms with E-state index in [0.717, 1.165) is 23.2 Å². The first kappa shape index (κ1) is 19.3. The number of amides is 2. The van der Waals surface area contributed by atoms with Crippen LogP contribution in [0.25, 0.3) is 10.8 Å². The van der Waals surface area contributed by atoms with Crippen molar-refractivity contribution in [3.63, 3.8) is 0 Å². The molecule has 2 aromatic heterocycles. The summed E-state index contributed by atoms with van der Waals surface area (Å²) in [4.78, 5) is 45.8. The quantitative estimate of drug-likeness (QED) is 0.691. The predicted octanol–water partition coefficient (Wildman–Crippen LogP) is 2.71. The van der Waals surface area contributed by atoms with Crippen molar-refractivity contribution in [2.24, 2.45) is 5.92 Å². The largest absolute Gasteiger partial charge is 0.347 e.